The number of aromatic nitrogens is 2. The third-order valence-electron chi connectivity index (χ3n) is 2.21. The van der Waals surface area contributed by atoms with Gasteiger partial charge in [-0.2, -0.15) is 10.2 Å². The van der Waals surface area contributed by atoms with Crippen molar-refractivity contribution in [2.45, 2.75) is 54.4 Å². The summed E-state index contributed by atoms with van der Waals surface area (Å²) in [6.07, 6.45) is 3.93. The average Bonchev–Trinajstić information content (AvgIpc) is 1.96. The van der Waals surface area contributed by atoms with Gasteiger partial charge < -0.3 is 0 Å². The smallest absolute Gasteiger partial charge is 0.0639 e. The first-order valence-corrected chi connectivity index (χ1v) is 5.96. The molecule has 0 amide bonds. The lowest BCUT2D eigenvalue weighted by atomic mass is 9.87. The molecule has 0 radical (unpaired) electrons. The minimum Gasteiger partial charge on any atom is -0.159 e. The van der Waals surface area contributed by atoms with Crippen LogP contribution in [0.3, 0.4) is 0 Å². The molecule has 0 saturated carbocycles. The van der Waals surface area contributed by atoms with E-state index >= 15 is 0 Å². The monoisotopic (exact) mass is 220 g/mol. The number of hydrogen-bond acceptors (Lipinski definition) is 2. The molecule has 0 aliphatic heterocycles. The molecule has 1 aromatic rings. The SMILES string of the molecule is CC(C)(C)Cc1cnnc(CC(C)(C)C)c1. The van der Waals surface area contributed by atoms with Crippen molar-refractivity contribution >= 4 is 0 Å². The van der Waals surface area contributed by atoms with Crippen LogP contribution in [0.1, 0.15) is 52.8 Å². The van der Waals surface area contributed by atoms with Crippen LogP contribution in [0.15, 0.2) is 12.3 Å². The van der Waals surface area contributed by atoms with Crippen LogP contribution < -0.4 is 0 Å². The summed E-state index contributed by atoms with van der Waals surface area (Å²) in [6, 6.07) is 2.20. The van der Waals surface area contributed by atoms with Crippen LogP contribution in [-0.4, -0.2) is 10.2 Å². The van der Waals surface area contributed by atoms with Crippen molar-refractivity contribution in [1.82, 2.24) is 10.2 Å². The van der Waals surface area contributed by atoms with E-state index in [0.717, 1.165) is 18.5 Å². The molecular weight excluding hydrogens is 196 g/mol. The summed E-state index contributed by atoms with van der Waals surface area (Å²) >= 11 is 0. The van der Waals surface area contributed by atoms with Gasteiger partial charge in [-0.05, 0) is 35.3 Å². The van der Waals surface area contributed by atoms with Crippen molar-refractivity contribution < 1.29 is 0 Å². The maximum atomic E-state index is 4.20. The molecule has 2 heteroatoms. The highest BCUT2D eigenvalue weighted by Crippen LogP contribution is 2.22. The molecule has 0 bridgehead atoms. The number of rotatable bonds is 2. The molecule has 0 atom stereocenters. The van der Waals surface area contributed by atoms with E-state index in [1.165, 1.54) is 5.56 Å². The Morgan fingerprint density at radius 1 is 0.938 bits per heavy atom. The van der Waals surface area contributed by atoms with Crippen LogP contribution >= 0.6 is 0 Å². The number of nitrogens with zero attached hydrogens (tertiary/aromatic N) is 2. The zero-order valence-corrected chi connectivity index (χ0v) is 11.5. The molecule has 90 valence electrons. The van der Waals surface area contributed by atoms with E-state index in [9.17, 15) is 0 Å². The van der Waals surface area contributed by atoms with E-state index in [4.69, 9.17) is 0 Å². The minimum atomic E-state index is 0.273. The summed E-state index contributed by atoms with van der Waals surface area (Å²) < 4.78 is 0. The Bertz CT molecular complexity index is 311. The van der Waals surface area contributed by atoms with Gasteiger partial charge in [-0.3, -0.25) is 0 Å². The summed E-state index contributed by atoms with van der Waals surface area (Å²) in [5, 5.41) is 8.31. The quantitative estimate of drug-likeness (QED) is 0.760. The van der Waals surface area contributed by atoms with E-state index in [1.807, 2.05) is 6.20 Å². The summed E-state index contributed by atoms with van der Waals surface area (Å²) in [6.45, 7) is 13.4. The summed E-state index contributed by atoms with van der Waals surface area (Å²) in [4.78, 5) is 0. The molecule has 1 heterocycles. The Morgan fingerprint density at radius 2 is 1.50 bits per heavy atom. The molecule has 0 saturated heterocycles. The second-order valence-corrected chi connectivity index (χ2v) is 7.03. The fraction of sp³-hybridized carbons (Fsp3) is 0.714. The molecule has 0 spiro atoms. The summed E-state index contributed by atoms with van der Waals surface area (Å²) in [7, 11) is 0. The largest absolute Gasteiger partial charge is 0.159 e. The summed E-state index contributed by atoms with van der Waals surface area (Å²) in [5.41, 5.74) is 2.98. The Balaban J connectivity index is 2.79. The van der Waals surface area contributed by atoms with Gasteiger partial charge in [-0.1, -0.05) is 41.5 Å². The Hall–Kier alpha value is -0.920. The first-order valence-electron chi connectivity index (χ1n) is 5.96. The fourth-order valence-electron chi connectivity index (χ4n) is 1.80. The molecule has 16 heavy (non-hydrogen) atoms. The van der Waals surface area contributed by atoms with Gasteiger partial charge in [0.05, 0.1) is 11.9 Å². The zero-order chi connectivity index (χ0) is 12.4. The first-order chi connectivity index (χ1) is 7.16. The first kappa shape index (κ1) is 13.1. The Labute approximate surface area is 99.5 Å². The van der Waals surface area contributed by atoms with Gasteiger partial charge in [0.15, 0.2) is 0 Å². The third-order valence-corrected chi connectivity index (χ3v) is 2.21. The van der Waals surface area contributed by atoms with E-state index in [0.29, 0.717) is 5.41 Å². The van der Waals surface area contributed by atoms with E-state index in [2.05, 4.69) is 57.8 Å². The normalized spacial score (nSPS) is 12.9. The predicted molar refractivity (Wildman–Crippen MR) is 68.4 cm³/mol. The van der Waals surface area contributed by atoms with Gasteiger partial charge in [-0.15, -0.1) is 0 Å². The number of hydrogen-bond donors (Lipinski definition) is 0. The topological polar surface area (TPSA) is 25.8 Å². The second-order valence-electron chi connectivity index (χ2n) is 7.03. The lowest BCUT2D eigenvalue weighted by Crippen LogP contribution is -2.13. The minimum absolute atomic E-state index is 0.273. The molecule has 1 rings (SSSR count). The highest BCUT2D eigenvalue weighted by atomic mass is 15.1. The van der Waals surface area contributed by atoms with Crippen molar-refractivity contribution in [1.29, 1.82) is 0 Å². The Kier molecular flexibility index (Phi) is 3.72. The standard InChI is InChI=1S/C14H24N2/c1-13(2,3)8-11-7-12(16-15-10-11)9-14(4,5)6/h7,10H,8-9H2,1-6H3. The maximum Gasteiger partial charge on any atom is 0.0639 e. The van der Waals surface area contributed by atoms with Gasteiger partial charge in [0.1, 0.15) is 0 Å². The Morgan fingerprint density at radius 3 is 2.00 bits per heavy atom. The molecule has 0 aliphatic carbocycles. The molecule has 0 fully saturated rings. The molecule has 0 aromatic carbocycles. The van der Waals surface area contributed by atoms with Gasteiger partial charge >= 0.3 is 0 Å². The zero-order valence-electron chi connectivity index (χ0n) is 11.5. The molecule has 0 aliphatic rings. The van der Waals surface area contributed by atoms with E-state index in [-0.39, 0.29) is 5.41 Å². The van der Waals surface area contributed by atoms with Crippen molar-refractivity contribution in [2.24, 2.45) is 10.8 Å². The lowest BCUT2D eigenvalue weighted by Gasteiger charge is -2.20. The predicted octanol–water partition coefficient (Wildman–Crippen LogP) is 3.65. The summed E-state index contributed by atoms with van der Waals surface area (Å²) in [5.74, 6) is 0. The van der Waals surface area contributed by atoms with E-state index < -0.39 is 0 Å². The highest BCUT2D eigenvalue weighted by Gasteiger charge is 2.15. The van der Waals surface area contributed by atoms with Crippen LogP contribution in [0.25, 0.3) is 0 Å². The molecule has 2 nitrogen and oxygen atoms in total. The van der Waals surface area contributed by atoms with Crippen molar-refractivity contribution in [3.05, 3.63) is 23.5 Å². The van der Waals surface area contributed by atoms with Crippen molar-refractivity contribution in [3.63, 3.8) is 0 Å². The third kappa shape index (κ3) is 5.24. The van der Waals surface area contributed by atoms with Gasteiger partial charge in [0, 0.05) is 0 Å². The van der Waals surface area contributed by atoms with Crippen LogP contribution in [0.4, 0.5) is 0 Å². The van der Waals surface area contributed by atoms with Gasteiger partial charge in [-0.25, -0.2) is 0 Å². The molecule has 1 aromatic heterocycles. The maximum absolute atomic E-state index is 4.20. The molecule has 0 unspecified atom stereocenters. The second kappa shape index (κ2) is 4.52. The van der Waals surface area contributed by atoms with Gasteiger partial charge in [0.2, 0.25) is 0 Å². The fourth-order valence-corrected chi connectivity index (χ4v) is 1.80. The van der Waals surface area contributed by atoms with Crippen molar-refractivity contribution in [2.75, 3.05) is 0 Å². The van der Waals surface area contributed by atoms with Crippen molar-refractivity contribution in [3.8, 4) is 0 Å². The van der Waals surface area contributed by atoms with Crippen LogP contribution in [-0.2, 0) is 12.8 Å². The lowest BCUT2D eigenvalue weighted by molar-refractivity contribution is 0.399. The van der Waals surface area contributed by atoms with Crippen LogP contribution in [0, 0.1) is 10.8 Å². The molecule has 0 N–H and O–H groups in total. The molecular formula is C14H24N2. The van der Waals surface area contributed by atoms with Crippen LogP contribution in [0.2, 0.25) is 0 Å². The average molecular weight is 220 g/mol. The van der Waals surface area contributed by atoms with E-state index in [1.54, 1.807) is 0 Å². The van der Waals surface area contributed by atoms with Crippen LogP contribution in [0.5, 0.6) is 0 Å². The van der Waals surface area contributed by atoms with Gasteiger partial charge in [0.25, 0.3) is 0 Å². The highest BCUT2D eigenvalue weighted by molar-refractivity contribution is 5.15.